The van der Waals surface area contributed by atoms with Gasteiger partial charge in [-0.15, -0.1) is 0 Å². The van der Waals surface area contributed by atoms with E-state index in [9.17, 15) is 0 Å². The zero-order valence-electron chi connectivity index (χ0n) is 27.5. The van der Waals surface area contributed by atoms with Gasteiger partial charge in [-0.25, -0.2) is 0 Å². The van der Waals surface area contributed by atoms with Crippen molar-refractivity contribution in [2.45, 2.75) is 83.1 Å². The molecule has 210 valence electrons. The first-order chi connectivity index (χ1) is 19.3. The van der Waals surface area contributed by atoms with E-state index >= 15 is 0 Å². The average Bonchev–Trinajstić information content (AvgIpc) is 2.83. The number of hydrogen-bond acceptors (Lipinski definition) is 0. The van der Waals surface area contributed by atoms with Crippen LogP contribution in [0, 0.1) is 69.0 Å². The van der Waals surface area contributed by atoms with Crippen LogP contribution < -0.4 is 0 Å². The van der Waals surface area contributed by atoms with Crippen LogP contribution in [0.2, 0.25) is 0 Å². The zero-order chi connectivity index (χ0) is 30.8. The Kier molecular flexibility index (Phi) is 6.81. The summed E-state index contributed by atoms with van der Waals surface area (Å²) in [5.74, 6) is 27.5. The molecule has 0 heterocycles. The third-order valence-electron chi connectivity index (χ3n) is 6.92. The number of fused-ring (bicyclic) bond motifs is 8. The smallest absolute Gasteiger partial charge is 0.0408 e. The predicted molar refractivity (Wildman–Crippen MR) is 184 cm³/mol. The minimum atomic E-state index is -0.0775. The molecule has 0 radical (unpaired) electrons. The molecule has 0 unspecified atom stereocenters. The summed E-state index contributed by atoms with van der Waals surface area (Å²) in [7, 11) is 0. The summed E-state index contributed by atoms with van der Waals surface area (Å²) in [5, 5.41) is 10.2. The Bertz CT molecular complexity index is 1800. The van der Waals surface area contributed by atoms with E-state index in [-0.39, 0.29) is 21.7 Å². The topological polar surface area (TPSA) is 0 Å². The van der Waals surface area contributed by atoms with Crippen molar-refractivity contribution in [3.05, 3.63) is 58.7 Å². The van der Waals surface area contributed by atoms with Gasteiger partial charge in [0.1, 0.15) is 0 Å². The lowest BCUT2D eigenvalue weighted by molar-refractivity contribution is 0.570. The summed E-state index contributed by atoms with van der Waals surface area (Å²) in [6.45, 7) is 25.8. The Morgan fingerprint density at radius 1 is 0.286 bits per heavy atom. The molecule has 0 saturated carbocycles. The highest BCUT2D eigenvalue weighted by molar-refractivity contribution is 6.35. The molecule has 5 aromatic carbocycles. The van der Waals surface area contributed by atoms with E-state index in [4.69, 9.17) is 0 Å². The van der Waals surface area contributed by atoms with Gasteiger partial charge in [0.05, 0.1) is 0 Å². The van der Waals surface area contributed by atoms with E-state index in [0.717, 1.165) is 22.3 Å². The molecule has 42 heavy (non-hydrogen) atoms. The minimum absolute atomic E-state index is 0.0775. The maximum atomic E-state index is 3.46. The normalized spacial score (nSPS) is 12.5. The second-order valence-corrected chi connectivity index (χ2v) is 15.8. The van der Waals surface area contributed by atoms with Crippen molar-refractivity contribution < 1.29 is 0 Å². The first kappa shape index (κ1) is 29.4. The van der Waals surface area contributed by atoms with E-state index in [1.807, 2.05) is 0 Å². The molecule has 0 saturated heterocycles. The Hall–Kier alpha value is -4.10. The van der Waals surface area contributed by atoms with Crippen LogP contribution in [0.25, 0.3) is 43.1 Å². The number of rotatable bonds is 0. The molecule has 0 aromatic heterocycles. The number of hydrogen-bond donors (Lipinski definition) is 0. The van der Waals surface area contributed by atoms with Crippen molar-refractivity contribution in [1.82, 2.24) is 0 Å². The second kappa shape index (κ2) is 9.73. The van der Waals surface area contributed by atoms with Crippen molar-refractivity contribution in [2.24, 2.45) is 21.7 Å². The Balaban J connectivity index is 1.74. The average molecular weight is 547 g/mol. The highest BCUT2D eigenvalue weighted by Crippen LogP contribution is 2.45. The third-order valence-corrected chi connectivity index (χ3v) is 6.92. The fraction of sp³-hybridized carbons (Fsp3) is 0.381. The van der Waals surface area contributed by atoms with Crippen molar-refractivity contribution in [3.8, 4) is 47.4 Å². The van der Waals surface area contributed by atoms with Gasteiger partial charge in [-0.3, -0.25) is 0 Å². The van der Waals surface area contributed by atoms with Crippen molar-refractivity contribution in [1.29, 1.82) is 0 Å². The van der Waals surface area contributed by atoms with Crippen LogP contribution in [-0.2, 0) is 0 Å². The molecule has 0 aliphatic carbocycles. The van der Waals surface area contributed by atoms with Crippen LogP contribution in [0.4, 0.5) is 0 Å². The van der Waals surface area contributed by atoms with E-state index < -0.39 is 0 Å². The van der Waals surface area contributed by atoms with Crippen LogP contribution in [0.3, 0.4) is 0 Å². The predicted octanol–water partition coefficient (Wildman–Crippen LogP) is 10.8. The molecule has 0 amide bonds. The molecule has 0 aliphatic heterocycles. The van der Waals surface area contributed by atoms with Gasteiger partial charge in [-0.1, -0.05) is 47.4 Å². The van der Waals surface area contributed by atoms with Gasteiger partial charge >= 0.3 is 0 Å². The summed E-state index contributed by atoms with van der Waals surface area (Å²) >= 11 is 0. The van der Waals surface area contributed by atoms with E-state index in [0.29, 0.717) is 0 Å². The summed E-state index contributed by atoms with van der Waals surface area (Å²) < 4.78 is 0. The first-order valence-electron chi connectivity index (χ1n) is 15.0. The van der Waals surface area contributed by atoms with E-state index in [2.05, 4.69) is 167 Å². The molecule has 5 aromatic rings. The minimum Gasteiger partial charge on any atom is -0.0919 e. The molecule has 0 heteroatoms. The molecule has 0 aliphatic rings. The van der Waals surface area contributed by atoms with Gasteiger partial charge in [-0.2, -0.15) is 0 Å². The van der Waals surface area contributed by atoms with E-state index in [1.165, 1.54) is 43.1 Å². The summed E-state index contributed by atoms with van der Waals surface area (Å²) in [6.07, 6.45) is 0. The third kappa shape index (κ3) is 6.21. The fourth-order valence-electron chi connectivity index (χ4n) is 4.89. The Morgan fingerprint density at radius 2 is 0.452 bits per heavy atom. The fourth-order valence-corrected chi connectivity index (χ4v) is 4.89. The van der Waals surface area contributed by atoms with Crippen molar-refractivity contribution in [2.75, 3.05) is 0 Å². The highest BCUT2D eigenvalue weighted by Gasteiger charge is 2.20. The molecule has 0 nitrogen and oxygen atoms in total. The standard InChI is InChI=1S/C42H42/c1-39(2,3)17-13-27-21-31-32(22-28(27)14-18-40(4,5)6)36-26-38-34-24-30(16-20-42(10,11)12)29(15-19-41(7,8)9)23-33(34)37(38)25-35(31)36/h21-26H,1-12H3. The quantitative estimate of drug-likeness (QED) is 0.169. The lowest BCUT2D eigenvalue weighted by Crippen LogP contribution is -2.01. The van der Waals surface area contributed by atoms with Gasteiger partial charge in [0, 0.05) is 43.9 Å². The lowest BCUT2D eigenvalue weighted by atomic mass is 9.83. The van der Waals surface area contributed by atoms with Crippen LogP contribution in [0.5, 0.6) is 0 Å². The van der Waals surface area contributed by atoms with Crippen LogP contribution in [0.15, 0.2) is 36.4 Å². The second-order valence-electron chi connectivity index (χ2n) is 15.8. The molecule has 0 bridgehead atoms. The maximum Gasteiger partial charge on any atom is 0.0408 e. The summed E-state index contributed by atoms with van der Waals surface area (Å²) in [5.41, 5.74) is 3.73. The van der Waals surface area contributed by atoms with Gasteiger partial charge in [0.15, 0.2) is 0 Å². The van der Waals surface area contributed by atoms with Crippen LogP contribution >= 0.6 is 0 Å². The lowest BCUT2D eigenvalue weighted by Gasteiger charge is -2.19. The molecular formula is C42H42. The highest BCUT2D eigenvalue weighted by atomic mass is 14.2. The largest absolute Gasteiger partial charge is 0.0919 e. The van der Waals surface area contributed by atoms with Crippen molar-refractivity contribution >= 4 is 43.1 Å². The Morgan fingerprint density at radius 3 is 0.619 bits per heavy atom. The van der Waals surface area contributed by atoms with Crippen LogP contribution in [0.1, 0.15) is 105 Å². The molecule has 5 rings (SSSR count). The SMILES string of the molecule is CC(C)(C)C#Cc1cc2c(cc1C#CC(C)(C)C)c1cc3c4cc(C#CC(C)(C)C)c(C#CC(C)(C)C)cc4c3cc21. The molecule has 0 atom stereocenters. The van der Waals surface area contributed by atoms with E-state index in [1.54, 1.807) is 0 Å². The molecule has 0 fully saturated rings. The molecule has 0 N–H and O–H groups in total. The summed E-state index contributed by atoms with van der Waals surface area (Å²) in [4.78, 5) is 0. The maximum absolute atomic E-state index is 3.46. The molecule has 0 spiro atoms. The zero-order valence-corrected chi connectivity index (χ0v) is 27.5. The monoisotopic (exact) mass is 546 g/mol. The number of benzene rings is 3. The van der Waals surface area contributed by atoms with Gasteiger partial charge in [-0.05, 0) is 163 Å². The Labute approximate surface area is 253 Å². The van der Waals surface area contributed by atoms with Gasteiger partial charge in [0.25, 0.3) is 0 Å². The summed E-state index contributed by atoms with van der Waals surface area (Å²) in [6, 6.07) is 13.7. The van der Waals surface area contributed by atoms with Crippen LogP contribution in [-0.4, -0.2) is 0 Å². The first-order valence-corrected chi connectivity index (χ1v) is 15.0. The van der Waals surface area contributed by atoms with Crippen molar-refractivity contribution in [3.63, 3.8) is 0 Å². The molecular weight excluding hydrogens is 504 g/mol. The van der Waals surface area contributed by atoms with Gasteiger partial charge < -0.3 is 0 Å². The van der Waals surface area contributed by atoms with Gasteiger partial charge in [0.2, 0.25) is 0 Å².